The van der Waals surface area contributed by atoms with Crippen molar-refractivity contribution in [2.75, 3.05) is 0 Å². The minimum Gasteiger partial charge on any atom is -0.307 e. The molecule has 0 unspecified atom stereocenters. The van der Waals surface area contributed by atoms with E-state index in [1.165, 1.54) is 5.39 Å². The molecule has 0 fully saturated rings. The van der Waals surface area contributed by atoms with Gasteiger partial charge in [-0.3, -0.25) is 9.97 Å². The average Bonchev–Trinajstić information content (AvgIpc) is 3.62. The van der Waals surface area contributed by atoms with E-state index in [0.717, 1.165) is 72.4 Å². The fourth-order valence-corrected chi connectivity index (χ4v) is 6.46. The molecular formula is C39H25N5. The van der Waals surface area contributed by atoms with Gasteiger partial charge in [0.1, 0.15) is 11.0 Å². The van der Waals surface area contributed by atoms with E-state index in [4.69, 9.17) is 15.0 Å². The Hall–Kier alpha value is -6.07. The van der Waals surface area contributed by atoms with Crippen LogP contribution in [0.25, 0.3) is 77.8 Å². The minimum atomic E-state index is 0.884. The molecule has 0 amide bonds. The number of para-hydroxylation sites is 2. The van der Waals surface area contributed by atoms with Crippen molar-refractivity contribution in [3.05, 3.63) is 152 Å². The third kappa shape index (κ3) is 3.69. The minimum absolute atomic E-state index is 0.884. The normalized spacial score (nSPS) is 11.6. The van der Waals surface area contributed by atoms with E-state index in [1.807, 2.05) is 36.7 Å². The molecule has 5 aromatic heterocycles. The third-order valence-corrected chi connectivity index (χ3v) is 8.41. The second kappa shape index (κ2) is 9.75. The maximum Gasteiger partial charge on any atom is 0.117 e. The van der Waals surface area contributed by atoms with E-state index < -0.39 is 0 Å². The van der Waals surface area contributed by atoms with Crippen molar-refractivity contribution < 1.29 is 0 Å². The lowest BCUT2D eigenvalue weighted by Crippen LogP contribution is -1.99. The average molecular weight is 564 g/mol. The molecule has 0 atom stereocenters. The van der Waals surface area contributed by atoms with E-state index in [2.05, 4.69) is 124 Å². The summed E-state index contributed by atoms with van der Waals surface area (Å²) < 4.78 is 4.67. The first-order chi connectivity index (χ1) is 21.8. The number of rotatable bonds is 4. The molecule has 5 heteroatoms. The van der Waals surface area contributed by atoms with Gasteiger partial charge in [0.25, 0.3) is 0 Å². The van der Waals surface area contributed by atoms with Gasteiger partial charge in [0.15, 0.2) is 0 Å². The van der Waals surface area contributed by atoms with Crippen molar-refractivity contribution >= 4 is 43.9 Å². The lowest BCUT2D eigenvalue weighted by Gasteiger charge is -2.12. The van der Waals surface area contributed by atoms with E-state index in [1.54, 1.807) is 0 Å². The second-order valence-electron chi connectivity index (χ2n) is 10.9. The number of hydrogen-bond acceptors (Lipinski definition) is 3. The van der Waals surface area contributed by atoms with Gasteiger partial charge in [0.05, 0.1) is 33.5 Å². The van der Waals surface area contributed by atoms with Crippen LogP contribution in [0.2, 0.25) is 0 Å². The zero-order valence-electron chi connectivity index (χ0n) is 23.7. The topological polar surface area (TPSA) is 48.5 Å². The van der Waals surface area contributed by atoms with Crippen molar-refractivity contribution in [1.82, 2.24) is 24.1 Å². The molecule has 0 saturated carbocycles. The third-order valence-electron chi connectivity index (χ3n) is 8.41. The first-order valence-corrected chi connectivity index (χ1v) is 14.7. The molecule has 0 saturated heterocycles. The van der Waals surface area contributed by atoms with Crippen LogP contribution in [0, 0.1) is 0 Å². The molecule has 9 rings (SSSR count). The highest BCUT2D eigenvalue weighted by Gasteiger charge is 2.22. The molecule has 206 valence electrons. The van der Waals surface area contributed by atoms with Gasteiger partial charge in [-0.15, -0.1) is 0 Å². The van der Waals surface area contributed by atoms with Gasteiger partial charge in [-0.05, 0) is 54.6 Å². The highest BCUT2D eigenvalue weighted by Crippen LogP contribution is 2.40. The Bertz CT molecular complexity index is 2470. The number of nitrogens with zero attached hydrogens (tertiary/aromatic N) is 5. The molecule has 0 N–H and O–H groups in total. The van der Waals surface area contributed by atoms with Gasteiger partial charge < -0.3 is 9.13 Å². The molecule has 9 aromatic rings. The van der Waals surface area contributed by atoms with E-state index >= 15 is 0 Å². The number of pyridine rings is 3. The maximum absolute atomic E-state index is 5.04. The Morgan fingerprint density at radius 1 is 0.409 bits per heavy atom. The quantitative estimate of drug-likeness (QED) is 0.214. The summed E-state index contributed by atoms with van der Waals surface area (Å²) in [5.41, 5.74) is 12.3. The number of fused-ring (bicyclic) bond motifs is 7. The van der Waals surface area contributed by atoms with Gasteiger partial charge in [0, 0.05) is 45.7 Å². The molecule has 0 aliphatic heterocycles. The van der Waals surface area contributed by atoms with Crippen molar-refractivity contribution in [1.29, 1.82) is 0 Å². The largest absolute Gasteiger partial charge is 0.307 e. The molecule has 4 aromatic carbocycles. The van der Waals surface area contributed by atoms with Crippen LogP contribution in [-0.4, -0.2) is 24.1 Å². The molecular weight excluding hydrogens is 538 g/mol. The molecule has 5 heterocycles. The van der Waals surface area contributed by atoms with Crippen LogP contribution in [0.15, 0.2) is 152 Å². The number of aromatic nitrogens is 5. The molecule has 0 radical (unpaired) electrons. The molecule has 0 bridgehead atoms. The predicted molar refractivity (Wildman–Crippen MR) is 179 cm³/mol. The van der Waals surface area contributed by atoms with Crippen molar-refractivity contribution in [3.63, 3.8) is 0 Å². The van der Waals surface area contributed by atoms with E-state index in [-0.39, 0.29) is 0 Å². The molecule has 0 spiro atoms. The van der Waals surface area contributed by atoms with Crippen LogP contribution in [0.4, 0.5) is 0 Å². The molecule has 0 aliphatic rings. The summed E-state index contributed by atoms with van der Waals surface area (Å²) in [5, 5.41) is 2.28. The highest BCUT2D eigenvalue weighted by atomic mass is 15.1. The first-order valence-electron chi connectivity index (χ1n) is 14.7. The van der Waals surface area contributed by atoms with Gasteiger partial charge in [-0.25, -0.2) is 4.98 Å². The zero-order valence-corrected chi connectivity index (χ0v) is 23.7. The summed E-state index contributed by atoms with van der Waals surface area (Å²) in [6.07, 6.45) is 3.85. The van der Waals surface area contributed by atoms with Crippen molar-refractivity contribution in [2.45, 2.75) is 0 Å². The van der Waals surface area contributed by atoms with Crippen LogP contribution in [0.1, 0.15) is 0 Å². The monoisotopic (exact) mass is 563 g/mol. The summed E-state index contributed by atoms with van der Waals surface area (Å²) >= 11 is 0. The summed E-state index contributed by atoms with van der Waals surface area (Å²) in [4.78, 5) is 14.8. The Morgan fingerprint density at radius 3 is 1.84 bits per heavy atom. The maximum atomic E-state index is 5.04. The fourth-order valence-electron chi connectivity index (χ4n) is 6.46. The van der Waals surface area contributed by atoms with Crippen LogP contribution < -0.4 is 0 Å². The first kappa shape index (κ1) is 24.5. The van der Waals surface area contributed by atoms with Gasteiger partial charge in [-0.2, -0.15) is 0 Å². The van der Waals surface area contributed by atoms with Gasteiger partial charge >= 0.3 is 0 Å². The lowest BCUT2D eigenvalue weighted by molar-refractivity contribution is 1.14. The van der Waals surface area contributed by atoms with E-state index in [0.29, 0.717) is 0 Å². The van der Waals surface area contributed by atoms with Crippen LogP contribution in [0.3, 0.4) is 0 Å². The fraction of sp³-hybridized carbons (Fsp3) is 0. The molecule has 44 heavy (non-hydrogen) atoms. The SMILES string of the molecule is c1ccc(-c2cccc(-c3ccc(-n4c5cccnc5c5ncc6c7ccccc7n(-c7ccccc7)c6c54)cc3)n2)cc1. The standard InChI is InChI=1S/C39H25N5/c1-3-11-26(12-4-1)32-16-9-17-33(42-32)27-20-22-29(23-21-27)44-35-19-10-24-40-36(35)37-39(44)38-31(25-41-37)30-15-7-8-18-34(30)43(38)28-13-5-2-6-14-28/h1-25H. The molecule has 0 aliphatic carbocycles. The smallest absolute Gasteiger partial charge is 0.117 e. The summed E-state index contributed by atoms with van der Waals surface area (Å²) in [5.74, 6) is 0. The van der Waals surface area contributed by atoms with Crippen molar-refractivity contribution in [3.8, 4) is 33.9 Å². The van der Waals surface area contributed by atoms with Crippen LogP contribution >= 0.6 is 0 Å². The number of benzene rings is 4. The van der Waals surface area contributed by atoms with E-state index in [9.17, 15) is 0 Å². The van der Waals surface area contributed by atoms with Crippen LogP contribution in [-0.2, 0) is 0 Å². The summed E-state index contributed by atoms with van der Waals surface area (Å²) in [6, 6.07) is 48.4. The Balaban J connectivity index is 1.30. The van der Waals surface area contributed by atoms with Crippen molar-refractivity contribution in [2.24, 2.45) is 0 Å². The Labute approximate surface area is 253 Å². The predicted octanol–water partition coefficient (Wildman–Crippen LogP) is 9.40. The zero-order chi connectivity index (χ0) is 29.0. The Morgan fingerprint density at radius 2 is 1.05 bits per heavy atom. The highest BCUT2D eigenvalue weighted by molar-refractivity contribution is 6.21. The van der Waals surface area contributed by atoms with Gasteiger partial charge in [0.2, 0.25) is 0 Å². The molecule has 5 nitrogen and oxygen atoms in total. The summed E-state index contributed by atoms with van der Waals surface area (Å²) in [6.45, 7) is 0. The lowest BCUT2D eigenvalue weighted by atomic mass is 10.1. The number of hydrogen-bond donors (Lipinski definition) is 0. The second-order valence-corrected chi connectivity index (χ2v) is 10.9. The van der Waals surface area contributed by atoms with Gasteiger partial charge in [-0.1, -0.05) is 84.9 Å². The van der Waals surface area contributed by atoms with Crippen LogP contribution in [0.5, 0.6) is 0 Å². The Kier molecular flexibility index (Phi) is 5.43. The summed E-state index contributed by atoms with van der Waals surface area (Å²) in [7, 11) is 0.